The number of fused-ring (bicyclic) bond motifs is 1. The monoisotopic (exact) mass is 418 g/mol. The Hall–Kier alpha value is -3.03. The maximum atomic E-state index is 12.1. The van der Waals surface area contributed by atoms with Crippen LogP contribution in [0.4, 0.5) is 4.79 Å². The fourth-order valence-electron chi connectivity index (χ4n) is 2.88. The van der Waals surface area contributed by atoms with Crippen molar-refractivity contribution >= 4 is 24.0 Å². The van der Waals surface area contributed by atoms with Gasteiger partial charge in [0.05, 0.1) is 6.61 Å². The number of benzene rings is 1. The molecule has 2 rings (SSSR count). The standard InChI is InChI=1S/C22H30N2O6/c1-7-28-17-12-16-10-13(2)29-18(16)11-15(17)8-9-19(25)30-14(3)20(26)23-21(27)24-22(4,5)6/h8-9,11-14H,7,10H2,1-6H3,(H2,23,24,26,27)/b9-8+/t13-,14+/m1/s1. The van der Waals surface area contributed by atoms with Gasteiger partial charge in [0.1, 0.15) is 17.6 Å². The van der Waals surface area contributed by atoms with Crippen molar-refractivity contribution in [1.29, 1.82) is 0 Å². The number of carbonyl (C=O) groups excluding carboxylic acids is 3. The molecule has 0 aromatic heterocycles. The molecule has 8 nitrogen and oxygen atoms in total. The predicted octanol–water partition coefficient (Wildman–Crippen LogP) is 2.98. The Kier molecular flexibility index (Phi) is 7.48. The minimum absolute atomic E-state index is 0.0912. The first-order valence-electron chi connectivity index (χ1n) is 9.96. The summed E-state index contributed by atoms with van der Waals surface area (Å²) in [4.78, 5) is 35.9. The highest BCUT2D eigenvalue weighted by Gasteiger charge is 2.23. The summed E-state index contributed by atoms with van der Waals surface area (Å²) in [5, 5.41) is 4.74. The van der Waals surface area contributed by atoms with Crippen LogP contribution < -0.4 is 20.1 Å². The van der Waals surface area contributed by atoms with Crippen LogP contribution in [0.1, 0.15) is 52.7 Å². The topological polar surface area (TPSA) is 103 Å². The van der Waals surface area contributed by atoms with Gasteiger partial charge in [0.15, 0.2) is 6.10 Å². The van der Waals surface area contributed by atoms with E-state index in [1.807, 2.05) is 26.0 Å². The van der Waals surface area contributed by atoms with Crippen molar-refractivity contribution < 1.29 is 28.6 Å². The van der Waals surface area contributed by atoms with Crippen molar-refractivity contribution in [2.75, 3.05) is 6.61 Å². The first-order chi connectivity index (χ1) is 14.0. The van der Waals surface area contributed by atoms with E-state index in [1.54, 1.807) is 26.8 Å². The van der Waals surface area contributed by atoms with E-state index < -0.39 is 29.6 Å². The minimum Gasteiger partial charge on any atom is -0.493 e. The molecular weight excluding hydrogens is 388 g/mol. The molecule has 0 spiro atoms. The number of hydrogen-bond donors (Lipinski definition) is 2. The van der Waals surface area contributed by atoms with Crippen LogP contribution in [0, 0.1) is 0 Å². The molecule has 0 fully saturated rings. The van der Waals surface area contributed by atoms with Gasteiger partial charge in [0, 0.05) is 29.2 Å². The van der Waals surface area contributed by atoms with Crippen LogP contribution in [0.3, 0.4) is 0 Å². The van der Waals surface area contributed by atoms with Gasteiger partial charge in [0.2, 0.25) is 0 Å². The number of imide groups is 1. The summed E-state index contributed by atoms with van der Waals surface area (Å²) >= 11 is 0. The van der Waals surface area contributed by atoms with E-state index in [4.69, 9.17) is 14.2 Å². The van der Waals surface area contributed by atoms with Crippen molar-refractivity contribution in [2.45, 2.75) is 65.7 Å². The third-order valence-corrected chi connectivity index (χ3v) is 4.11. The Labute approximate surface area is 176 Å². The van der Waals surface area contributed by atoms with Gasteiger partial charge in [-0.25, -0.2) is 9.59 Å². The fourth-order valence-corrected chi connectivity index (χ4v) is 2.88. The fraction of sp³-hybridized carbons (Fsp3) is 0.500. The number of rotatable bonds is 6. The Balaban J connectivity index is 1.99. The normalized spacial score (nSPS) is 16.4. The lowest BCUT2D eigenvalue weighted by Gasteiger charge is -2.21. The smallest absolute Gasteiger partial charge is 0.331 e. The highest BCUT2D eigenvalue weighted by atomic mass is 16.5. The van der Waals surface area contributed by atoms with Gasteiger partial charge in [-0.2, -0.15) is 0 Å². The van der Waals surface area contributed by atoms with Gasteiger partial charge in [-0.15, -0.1) is 0 Å². The average Bonchev–Trinajstić information content (AvgIpc) is 2.97. The SMILES string of the molecule is CCOc1cc2c(cc1/C=C/C(=O)O[C@@H](C)C(=O)NC(=O)NC(C)(C)C)O[C@H](C)C2. The van der Waals surface area contributed by atoms with E-state index in [9.17, 15) is 14.4 Å². The molecule has 1 aliphatic rings. The second kappa shape index (κ2) is 9.65. The lowest BCUT2D eigenvalue weighted by atomic mass is 10.1. The van der Waals surface area contributed by atoms with E-state index in [0.29, 0.717) is 17.9 Å². The zero-order valence-corrected chi connectivity index (χ0v) is 18.3. The maximum absolute atomic E-state index is 12.1. The molecule has 2 atom stereocenters. The molecule has 0 saturated heterocycles. The quantitative estimate of drug-likeness (QED) is 0.544. The van der Waals surface area contributed by atoms with E-state index in [2.05, 4.69) is 10.6 Å². The van der Waals surface area contributed by atoms with Crippen LogP contribution >= 0.6 is 0 Å². The molecule has 1 heterocycles. The number of esters is 1. The highest BCUT2D eigenvalue weighted by Crippen LogP contribution is 2.35. The zero-order valence-electron chi connectivity index (χ0n) is 18.3. The second-order valence-corrected chi connectivity index (χ2v) is 8.17. The first-order valence-corrected chi connectivity index (χ1v) is 9.96. The van der Waals surface area contributed by atoms with Crippen LogP contribution in [0.5, 0.6) is 11.5 Å². The molecule has 0 unspecified atom stereocenters. The second-order valence-electron chi connectivity index (χ2n) is 8.17. The van der Waals surface area contributed by atoms with Gasteiger partial charge < -0.3 is 19.5 Å². The summed E-state index contributed by atoms with van der Waals surface area (Å²) in [5.74, 6) is -0.0289. The van der Waals surface area contributed by atoms with Crippen LogP contribution in [0.15, 0.2) is 18.2 Å². The van der Waals surface area contributed by atoms with Gasteiger partial charge in [-0.1, -0.05) is 0 Å². The molecule has 1 aromatic carbocycles. The summed E-state index contributed by atoms with van der Waals surface area (Å²) in [7, 11) is 0. The molecule has 8 heteroatoms. The summed E-state index contributed by atoms with van der Waals surface area (Å²) < 4.78 is 16.5. The van der Waals surface area contributed by atoms with Crippen molar-refractivity contribution in [1.82, 2.24) is 10.6 Å². The summed E-state index contributed by atoms with van der Waals surface area (Å²) in [6, 6.07) is 3.08. The average molecular weight is 418 g/mol. The molecule has 0 radical (unpaired) electrons. The zero-order chi connectivity index (χ0) is 22.5. The number of urea groups is 1. The maximum Gasteiger partial charge on any atom is 0.331 e. The molecule has 2 N–H and O–H groups in total. The van der Waals surface area contributed by atoms with Crippen LogP contribution in [0.25, 0.3) is 6.08 Å². The lowest BCUT2D eigenvalue weighted by Crippen LogP contribution is -2.50. The molecule has 0 aliphatic carbocycles. The number of ether oxygens (including phenoxy) is 3. The van der Waals surface area contributed by atoms with Crippen molar-refractivity contribution in [3.63, 3.8) is 0 Å². The van der Waals surface area contributed by atoms with Crippen LogP contribution in [0.2, 0.25) is 0 Å². The highest BCUT2D eigenvalue weighted by molar-refractivity contribution is 5.98. The minimum atomic E-state index is -1.14. The van der Waals surface area contributed by atoms with E-state index >= 15 is 0 Å². The molecule has 1 aromatic rings. The van der Waals surface area contributed by atoms with Crippen LogP contribution in [-0.4, -0.2) is 42.3 Å². The van der Waals surface area contributed by atoms with Gasteiger partial charge in [-0.05, 0) is 59.8 Å². The molecular formula is C22H30N2O6. The molecule has 1 aliphatic heterocycles. The van der Waals surface area contributed by atoms with Gasteiger partial charge in [-0.3, -0.25) is 10.1 Å². The Morgan fingerprint density at radius 2 is 2.00 bits per heavy atom. The third kappa shape index (κ3) is 6.79. The third-order valence-electron chi connectivity index (χ3n) is 4.11. The van der Waals surface area contributed by atoms with E-state index in [-0.39, 0.29) is 6.10 Å². The van der Waals surface area contributed by atoms with Gasteiger partial charge in [0.25, 0.3) is 5.91 Å². The number of amides is 3. The van der Waals surface area contributed by atoms with E-state index in [0.717, 1.165) is 17.7 Å². The Morgan fingerprint density at radius 1 is 1.30 bits per heavy atom. The number of nitrogens with one attached hydrogen (secondary N) is 2. The van der Waals surface area contributed by atoms with Gasteiger partial charge >= 0.3 is 12.0 Å². The molecule has 0 saturated carbocycles. The van der Waals surface area contributed by atoms with E-state index in [1.165, 1.54) is 13.0 Å². The summed E-state index contributed by atoms with van der Waals surface area (Å²) in [6.45, 7) is 11.1. The van der Waals surface area contributed by atoms with Crippen molar-refractivity contribution in [3.05, 3.63) is 29.3 Å². The largest absolute Gasteiger partial charge is 0.493 e. The molecule has 0 bridgehead atoms. The molecule has 3 amide bonds. The summed E-state index contributed by atoms with van der Waals surface area (Å²) in [5.41, 5.74) is 1.23. The van der Waals surface area contributed by atoms with Crippen LogP contribution in [-0.2, 0) is 20.7 Å². The molecule has 30 heavy (non-hydrogen) atoms. The lowest BCUT2D eigenvalue weighted by molar-refractivity contribution is -0.149. The Morgan fingerprint density at radius 3 is 2.63 bits per heavy atom. The first kappa shape index (κ1) is 23.3. The Bertz CT molecular complexity index is 841. The number of carbonyl (C=O) groups is 3. The van der Waals surface area contributed by atoms with Crippen molar-refractivity contribution in [2.24, 2.45) is 0 Å². The summed E-state index contributed by atoms with van der Waals surface area (Å²) in [6.07, 6.45) is 2.52. The van der Waals surface area contributed by atoms with Crippen molar-refractivity contribution in [3.8, 4) is 11.5 Å². The molecule has 164 valence electrons. The number of hydrogen-bond acceptors (Lipinski definition) is 6. The predicted molar refractivity (Wildman–Crippen MR) is 112 cm³/mol.